The van der Waals surface area contributed by atoms with Crippen LogP contribution in [0.4, 0.5) is 0 Å². The van der Waals surface area contributed by atoms with Gasteiger partial charge < -0.3 is 5.21 Å². The van der Waals surface area contributed by atoms with Crippen LogP contribution in [0.25, 0.3) is 0 Å². The van der Waals surface area contributed by atoms with Crippen molar-refractivity contribution in [1.29, 1.82) is 0 Å². The molecule has 0 aromatic carbocycles. The van der Waals surface area contributed by atoms with Gasteiger partial charge in [0, 0.05) is 6.20 Å². The highest BCUT2D eigenvalue weighted by Gasteiger charge is 1.98. The molecule has 0 spiro atoms. The van der Waals surface area contributed by atoms with Crippen molar-refractivity contribution in [2.24, 2.45) is 5.92 Å². The molecule has 0 amide bonds. The molecule has 0 radical (unpaired) electrons. The molecule has 0 saturated carbocycles. The normalized spacial score (nSPS) is 10.6. The smallest absolute Gasteiger partial charge is 0.142 e. The summed E-state index contributed by atoms with van der Waals surface area (Å²) >= 11 is 4.84. The quantitative estimate of drug-likeness (QED) is 0.563. The molecule has 0 aliphatic heterocycles. The molecule has 2 nitrogen and oxygen atoms in total. The lowest BCUT2D eigenvalue weighted by Gasteiger charge is -2.05. The highest BCUT2D eigenvalue weighted by atomic mass is 32.1. The van der Waals surface area contributed by atoms with Crippen molar-refractivity contribution in [2.45, 2.75) is 20.3 Å². The molecule has 66 valence electrons. The summed E-state index contributed by atoms with van der Waals surface area (Å²) in [6.07, 6.45) is 2.64. The molecular formula is C9H13NOS. The van der Waals surface area contributed by atoms with Gasteiger partial charge in [-0.25, -0.2) is 0 Å². The first-order valence-corrected chi connectivity index (χ1v) is 4.41. The minimum Gasteiger partial charge on any atom is -0.428 e. The maximum absolute atomic E-state index is 9.23. The van der Waals surface area contributed by atoms with Gasteiger partial charge in [-0.05, 0) is 24.0 Å². The Kier molecular flexibility index (Phi) is 2.87. The van der Waals surface area contributed by atoms with Crippen LogP contribution in [0.2, 0.25) is 0 Å². The fraction of sp³-hybridized carbons (Fsp3) is 0.444. The van der Waals surface area contributed by atoms with Gasteiger partial charge in [0.25, 0.3) is 0 Å². The molecule has 0 unspecified atom stereocenters. The average Bonchev–Trinajstić information content (AvgIpc) is 1.96. The lowest BCUT2D eigenvalue weighted by atomic mass is 10.1. The molecular weight excluding hydrogens is 170 g/mol. The number of nitrogens with zero attached hydrogens (tertiary/aromatic N) is 1. The summed E-state index contributed by atoms with van der Waals surface area (Å²) in [7, 11) is 0. The number of pyridine rings is 1. The molecule has 0 saturated heterocycles. The van der Waals surface area contributed by atoms with Gasteiger partial charge in [0.05, 0.1) is 0 Å². The first kappa shape index (κ1) is 9.26. The molecule has 1 rings (SSSR count). The Balaban J connectivity index is 2.90. The maximum Gasteiger partial charge on any atom is 0.142 e. The predicted molar refractivity (Wildman–Crippen MR) is 51.0 cm³/mol. The zero-order valence-electron chi connectivity index (χ0n) is 7.32. The lowest BCUT2D eigenvalue weighted by molar-refractivity contribution is 0.179. The van der Waals surface area contributed by atoms with Gasteiger partial charge >= 0.3 is 0 Å². The van der Waals surface area contributed by atoms with Crippen LogP contribution in [-0.4, -0.2) is 9.94 Å². The Bertz CT molecular complexity index is 317. The van der Waals surface area contributed by atoms with Gasteiger partial charge in [-0.3, -0.25) is 0 Å². The first-order chi connectivity index (χ1) is 5.59. The van der Waals surface area contributed by atoms with Crippen LogP contribution in [0.3, 0.4) is 0 Å². The maximum atomic E-state index is 9.23. The van der Waals surface area contributed by atoms with Crippen molar-refractivity contribution in [1.82, 2.24) is 4.73 Å². The van der Waals surface area contributed by atoms with Crippen LogP contribution in [0.15, 0.2) is 18.3 Å². The Morgan fingerprint density at radius 3 is 2.67 bits per heavy atom. The van der Waals surface area contributed by atoms with E-state index in [0.717, 1.165) is 16.7 Å². The third-order valence-electron chi connectivity index (χ3n) is 1.60. The van der Waals surface area contributed by atoms with Crippen LogP contribution in [0.1, 0.15) is 19.4 Å². The summed E-state index contributed by atoms with van der Waals surface area (Å²) in [6, 6.07) is 3.70. The van der Waals surface area contributed by atoms with Gasteiger partial charge in [-0.2, -0.15) is 4.73 Å². The van der Waals surface area contributed by atoms with E-state index in [1.54, 1.807) is 12.3 Å². The Morgan fingerprint density at radius 1 is 1.50 bits per heavy atom. The van der Waals surface area contributed by atoms with E-state index in [9.17, 15) is 5.21 Å². The van der Waals surface area contributed by atoms with Crippen molar-refractivity contribution < 1.29 is 5.21 Å². The molecule has 3 heteroatoms. The zero-order valence-corrected chi connectivity index (χ0v) is 8.14. The predicted octanol–water partition coefficient (Wildman–Crippen LogP) is 2.65. The van der Waals surface area contributed by atoms with Crippen LogP contribution in [0.5, 0.6) is 0 Å². The van der Waals surface area contributed by atoms with Gasteiger partial charge in [0.2, 0.25) is 0 Å². The van der Waals surface area contributed by atoms with Crippen molar-refractivity contribution in [2.75, 3.05) is 0 Å². The second kappa shape index (κ2) is 3.72. The fourth-order valence-electron chi connectivity index (χ4n) is 1.11. The summed E-state index contributed by atoms with van der Waals surface area (Å²) in [5, 5.41) is 9.23. The van der Waals surface area contributed by atoms with E-state index in [1.807, 2.05) is 6.07 Å². The van der Waals surface area contributed by atoms with Crippen molar-refractivity contribution >= 4 is 12.2 Å². The van der Waals surface area contributed by atoms with E-state index in [0.29, 0.717) is 10.6 Å². The van der Waals surface area contributed by atoms with Gasteiger partial charge in [-0.1, -0.05) is 32.1 Å². The fourth-order valence-corrected chi connectivity index (χ4v) is 1.23. The van der Waals surface area contributed by atoms with E-state index in [-0.39, 0.29) is 0 Å². The molecule has 1 aromatic heterocycles. The molecule has 0 atom stereocenters. The van der Waals surface area contributed by atoms with Crippen molar-refractivity contribution in [3.8, 4) is 0 Å². The molecule has 0 aliphatic rings. The Hall–Kier alpha value is -0.830. The number of aromatic nitrogens is 1. The number of rotatable bonds is 2. The molecule has 1 aromatic rings. The van der Waals surface area contributed by atoms with Crippen molar-refractivity contribution in [3.05, 3.63) is 28.5 Å². The lowest BCUT2D eigenvalue weighted by Crippen LogP contribution is -1.99. The van der Waals surface area contributed by atoms with Crippen LogP contribution >= 0.6 is 12.2 Å². The minimum absolute atomic E-state index is 0.447. The number of hydrogen-bond acceptors (Lipinski definition) is 2. The molecule has 0 fully saturated rings. The van der Waals surface area contributed by atoms with Crippen LogP contribution < -0.4 is 0 Å². The van der Waals surface area contributed by atoms with Gasteiger partial charge in [-0.15, -0.1) is 0 Å². The second-order valence-corrected chi connectivity index (χ2v) is 3.74. The van der Waals surface area contributed by atoms with E-state index in [1.165, 1.54) is 0 Å². The molecule has 12 heavy (non-hydrogen) atoms. The van der Waals surface area contributed by atoms with Gasteiger partial charge in [0.1, 0.15) is 4.64 Å². The van der Waals surface area contributed by atoms with E-state index >= 15 is 0 Å². The topological polar surface area (TPSA) is 25.2 Å². The van der Waals surface area contributed by atoms with Crippen LogP contribution in [-0.2, 0) is 6.42 Å². The molecule has 0 bridgehead atoms. The third kappa shape index (κ3) is 2.34. The summed E-state index contributed by atoms with van der Waals surface area (Å²) < 4.78 is 1.44. The SMILES string of the molecule is CC(C)Cc1ccc(=S)n(O)c1. The van der Waals surface area contributed by atoms with Crippen molar-refractivity contribution in [3.63, 3.8) is 0 Å². The average molecular weight is 183 g/mol. The summed E-state index contributed by atoms with van der Waals surface area (Å²) in [6.45, 7) is 4.28. The largest absolute Gasteiger partial charge is 0.428 e. The molecule has 0 aliphatic carbocycles. The molecule has 1 heterocycles. The summed E-state index contributed by atoms with van der Waals surface area (Å²) in [4.78, 5) is 0. The number of hydrogen-bond donors (Lipinski definition) is 1. The molecule has 1 N–H and O–H groups in total. The monoisotopic (exact) mass is 183 g/mol. The van der Waals surface area contributed by atoms with Gasteiger partial charge in [0.15, 0.2) is 0 Å². The highest BCUT2D eigenvalue weighted by Crippen LogP contribution is 2.06. The van der Waals surface area contributed by atoms with Crippen LogP contribution in [0, 0.1) is 10.6 Å². The van der Waals surface area contributed by atoms with E-state index < -0.39 is 0 Å². The highest BCUT2D eigenvalue weighted by molar-refractivity contribution is 7.71. The Labute approximate surface area is 77.4 Å². The minimum atomic E-state index is 0.447. The van der Waals surface area contributed by atoms with E-state index in [2.05, 4.69) is 13.8 Å². The zero-order chi connectivity index (χ0) is 9.14. The Morgan fingerprint density at radius 2 is 2.17 bits per heavy atom. The third-order valence-corrected chi connectivity index (χ3v) is 1.92. The first-order valence-electron chi connectivity index (χ1n) is 4.00. The van der Waals surface area contributed by atoms with E-state index in [4.69, 9.17) is 12.2 Å². The second-order valence-electron chi connectivity index (χ2n) is 3.32. The standard InChI is InChI=1S/C9H13NOS/c1-7(2)5-8-3-4-9(12)10(11)6-8/h3-4,6-7,11H,5H2,1-2H3. The summed E-state index contributed by atoms with van der Waals surface area (Å²) in [5.74, 6) is 0.598. The summed E-state index contributed by atoms with van der Waals surface area (Å²) in [5.41, 5.74) is 1.11.